The number of carboxylic acids is 1. The maximum Gasteiger partial charge on any atom is 0.416 e. The fraction of sp³-hybridized carbons (Fsp3) is 0.368. The van der Waals surface area contributed by atoms with E-state index in [2.05, 4.69) is 4.98 Å². The van der Waals surface area contributed by atoms with Crippen molar-refractivity contribution in [1.82, 2.24) is 9.88 Å². The van der Waals surface area contributed by atoms with Crippen molar-refractivity contribution in [3.05, 3.63) is 65.5 Å². The van der Waals surface area contributed by atoms with E-state index in [1.807, 2.05) is 0 Å². The van der Waals surface area contributed by atoms with Crippen LogP contribution in [-0.4, -0.2) is 33.5 Å². The number of benzene rings is 1. The molecule has 3 rings (SSSR count). The summed E-state index contributed by atoms with van der Waals surface area (Å²) in [6.07, 6.45) is -0.844. The van der Waals surface area contributed by atoms with Crippen LogP contribution in [0.25, 0.3) is 0 Å². The topological polar surface area (TPSA) is 53.4 Å². The molecule has 1 aliphatic heterocycles. The quantitative estimate of drug-likeness (QED) is 0.886. The highest BCUT2D eigenvalue weighted by molar-refractivity contribution is 5.73. The second kappa shape index (κ2) is 7.45. The van der Waals surface area contributed by atoms with Gasteiger partial charge in [0.25, 0.3) is 0 Å². The van der Waals surface area contributed by atoms with Crippen molar-refractivity contribution in [3.8, 4) is 0 Å². The Balaban J connectivity index is 2.09. The molecule has 0 amide bonds. The van der Waals surface area contributed by atoms with Gasteiger partial charge in [-0.1, -0.05) is 24.6 Å². The molecule has 26 heavy (non-hydrogen) atoms. The zero-order valence-electron chi connectivity index (χ0n) is 14.0. The van der Waals surface area contributed by atoms with E-state index in [0.29, 0.717) is 24.2 Å². The summed E-state index contributed by atoms with van der Waals surface area (Å²) in [5.41, 5.74) is 0.187. The Morgan fingerprint density at radius 2 is 2.00 bits per heavy atom. The average molecular weight is 364 g/mol. The lowest BCUT2D eigenvalue weighted by Crippen LogP contribution is -2.47. The summed E-state index contributed by atoms with van der Waals surface area (Å²) in [4.78, 5) is 17.8. The van der Waals surface area contributed by atoms with Crippen LogP contribution in [0.4, 0.5) is 13.2 Å². The zero-order chi connectivity index (χ0) is 18.7. The standard InChI is InChI=1S/C19H19F3N2O2/c20-19(21,22)14-7-5-6-13(12-14)17(15-8-1-3-10-23-15)24-11-4-2-9-16(24)18(25)26/h1,3,5-8,10,12,16-17H,2,4,9,11H2,(H,25,26). The van der Waals surface area contributed by atoms with Gasteiger partial charge in [-0.15, -0.1) is 0 Å². The first-order chi connectivity index (χ1) is 12.4. The van der Waals surface area contributed by atoms with Crippen molar-refractivity contribution in [2.45, 2.75) is 37.5 Å². The second-order valence-electron chi connectivity index (χ2n) is 6.37. The van der Waals surface area contributed by atoms with Gasteiger partial charge in [0.05, 0.1) is 17.3 Å². The van der Waals surface area contributed by atoms with Gasteiger partial charge in [-0.25, -0.2) is 0 Å². The monoisotopic (exact) mass is 364 g/mol. The highest BCUT2D eigenvalue weighted by atomic mass is 19.4. The number of likely N-dealkylation sites (tertiary alicyclic amines) is 1. The van der Waals surface area contributed by atoms with E-state index in [4.69, 9.17) is 0 Å². The minimum Gasteiger partial charge on any atom is -0.480 e. The number of aromatic nitrogens is 1. The van der Waals surface area contributed by atoms with Crippen LogP contribution in [0.3, 0.4) is 0 Å². The third-order valence-corrected chi connectivity index (χ3v) is 4.66. The van der Waals surface area contributed by atoms with Crippen molar-refractivity contribution in [1.29, 1.82) is 0 Å². The molecule has 0 saturated carbocycles. The van der Waals surface area contributed by atoms with Crippen LogP contribution in [0.5, 0.6) is 0 Å². The van der Waals surface area contributed by atoms with Crippen LogP contribution >= 0.6 is 0 Å². The number of piperidine rings is 1. The fourth-order valence-electron chi connectivity index (χ4n) is 3.48. The first-order valence-electron chi connectivity index (χ1n) is 8.44. The van der Waals surface area contributed by atoms with Crippen molar-refractivity contribution in [3.63, 3.8) is 0 Å². The number of hydrogen-bond donors (Lipinski definition) is 1. The van der Waals surface area contributed by atoms with Crippen LogP contribution < -0.4 is 0 Å². The molecule has 0 bridgehead atoms. The molecule has 1 N–H and O–H groups in total. The normalized spacial score (nSPS) is 19.9. The van der Waals surface area contributed by atoms with Gasteiger partial charge >= 0.3 is 12.1 Å². The van der Waals surface area contributed by atoms with Crippen molar-refractivity contribution >= 4 is 5.97 Å². The van der Waals surface area contributed by atoms with Crippen LogP contribution in [0.15, 0.2) is 48.7 Å². The summed E-state index contributed by atoms with van der Waals surface area (Å²) < 4.78 is 39.5. The molecule has 2 atom stereocenters. The van der Waals surface area contributed by atoms with Crippen molar-refractivity contribution in [2.24, 2.45) is 0 Å². The van der Waals surface area contributed by atoms with Gasteiger partial charge in [0.2, 0.25) is 0 Å². The minimum atomic E-state index is -4.46. The maximum absolute atomic E-state index is 13.2. The number of pyridine rings is 1. The summed E-state index contributed by atoms with van der Waals surface area (Å²) in [5.74, 6) is -0.961. The highest BCUT2D eigenvalue weighted by Crippen LogP contribution is 2.36. The van der Waals surface area contributed by atoms with E-state index >= 15 is 0 Å². The second-order valence-corrected chi connectivity index (χ2v) is 6.37. The van der Waals surface area contributed by atoms with E-state index < -0.39 is 29.8 Å². The first-order valence-corrected chi connectivity index (χ1v) is 8.44. The van der Waals surface area contributed by atoms with Crippen LogP contribution in [0, 0.1) is 0 Å². The molecule has 1 fully saturated rings. The lowest BCUT2D eigenvalue weighted by atomic mass is 9.93. The molecule has 7 heteroatoms. The Labute approximate surface area is 149 Å². The molecule has 2 aromatic rings. The van der Waals surface area contributed by atoms with Crippen LogP contribution in [-0.2, 0) is 11.0 Å². The predicted octanol–water partition coefficient (Wildman–Crippen LogP) is 4.13. The van der Waals surface area contributed by atoms with Gasteiger partial charge in [0.15, 0.2) is 0 Å². The van der Waals surface area contributed by atoms with Gasteiger partial charge in [0, 0.05) is 6.20 Å². The van der Waals surface area contributed by atoms with E-state index in [1.54, 1.807) is 35.4 Å². The number of alkyl halides is 3. The van der Waals surface area contributed by atoms with E-state index in [-0.39, 0.29) is 0 Å². The summed E-state index contributed by atoms with van der Waals surface area (Å²) >= 11 is 0. The molecule has 2 unspecified atom stereocenters. The molecule has 138 valence electrons. The largest absolute Gasteiger partial charge is 0.480 e. The molecule has 0 radical (unpaired) electrons. The Hall–Kier alpha value is -2.41. The van der Waals surface area contributed by atoms with Gasteiger partial charge in [-0.05, 0) is 49.2 Å². The maximum atomic E-state index is 13.2. The fourth-order valence-corrected chi connectivity index (χ4v) is 3.48. The average Bonchev–Trinajstić information content (AvgIpc) is 2.63. The third-order valence-electron chi connectivity index (χ3n) is 4.66. The lowest BCUT2D eigenvalue weighted by Gasteiger charge is -2.39. The Morgan fingerprint density at radius 1 is 1.19 bits per heavy atom. The van der Waals surface area contributed by atoms with Crippen molar-refractivity contribution in [2.75, 3.05) is 6.54 Å². The number of hydrogen-bond acceptors (Lipinski definition) is 3. The molecular formula is C19H19F3N2O2. The van der Waals surface area contributed by atoms with Crippen molar-refractivity contribution < 1.29 is 23.1 Å². The number of carbonyl (C=O) groups is 1. The molecule has 1 saturated heterocycles. The minimum absolute atomic E-state index is 0.395. The molecule has 1 aliphatic rings. The van der Waals surface area contributed by atoms with E-state index in [0.717, 1.165) is 25.0 Å². The predicted molar refractivity (Wildman–Crippen MR) is 89.5 cm³/mol. The number of aliphatic carboxylic acids is 1. The van der Waals surface area contributed by atoms with Gasteiger partial charge in [0.1, 0.15) is 6.04 Å². The van der Waals surface area contributed by atoms with E-state index in [1.165, 1.54) is 6.07 Å². The number of rotatable bonds is 4. The summed E-state index contributed by atoms with van der Waals surface area (Å²) in [6, 6.07) is 8.87. The number of halogens is 3. The van der Waals surface area contributed by atoms with Crippen LogP contribution in [0.2, 0.25) is 0 Å². The van der Waals surface area contributed by atoms with Crippen LogP contribution in [0.1, 0.15) is 42.1 Å². The molecule has 0 spiro atoms. The molecule has 4 nitrogen and oxygen atoms in total. The smallest absolute Gasteiger partial charge is 0.416 e. The number of nitrogens with zero attached hydrogens (tertiary/aromatic N) is 2. The molecule has 0 aliphatic carbocycles. The summed E-state index contributed by atoms with van der Waals surface area (Å²) in [6.45, 7) is 0.494. The van der Waals surface area contributed by atoms with E-state index in [9.17, 15) is 23.1 Å². The highest BCUT2D eigenvalue weighted by Gasteiger charge is 2.37. The van der Waals surface area contributed by atoms with Gasteiger partial charge in [-0.2, -0.15) is 13.2 Å². The van der Waals surface area contributed by atoms with Gasteiger partial charge < -0.3 is 5.11 Å². The SMILES string of the molecule is O=C(O)C1CCCCN1C(c1cccc(C(F)(F)F)c1)c1ccccn1. The van der Waals surface area contributed by atoms with Gasteiger partial charge in [-0.3, -0.25) is 14.7 Å². The summed E-state index contributed by atoms with van der Waals surface area (Å²) in [7, 11) is 0. The summed E-state index contributed by atoms with van der Waals surface area (Å²) in [5, 5.41) is 9.59. The Morgan fingerprint density at radius 3 is 2.65 bits per heavy atom. The first kappa shape index (κ1) is 18.4. The Kier molecular flexibility index (Phi) is 5.27. The molecular weight excluding hydrogens is 345 g/mol. The molecule has 1 aromatic heterocycles. The molecule has 1 aromatic carbocycles. The number of carboxylic acid groups (broad SMARTS) is 1. The zero-order valence-corrected chi connectivity index (χ0v) is 14.0. The lowest BCUT2D eigenvalue weighted by molar-refractivity contribution is -0.145. The Bertz CT molecular complexity index is 765. The third kappa shape index (κ3) is 3.88. The molecule has 2 heterocycles.